The van der Waals surface area contributed by atoms with Crippen LogP contribution >= 0.6 is 0 Å². The molecule has 4 N–H and O–H groups in total. The minimum atomic E-state index is -4.05. The molecule has 0 aliphatic heterocycles. The van der Waals surface area contributed by atoms with E-state index in [4.69, 9.17) is 4.74 Å². The number of aromatic amines is 1. The molecule has 0 bridgehead atoms. The summed E-state index contributed by atoms with van der Waals surface area (Å²) >= 11 is 0. The topological polar surface area (TPSA) is 103 Å². The van der Waals surface area contributed by atoms with Gasteiger partial charge in [-0.05, 0) is 80.7 Å². The van der Waals surface area contributed by atoms with Crippen molar-refractivity contribution in [3.8, 4) is 16.9 Å². The zero-order chi connectivity index (χ0) is 26.6. The van der Waals surface area contributed by atoms with E-state index in [-0.39, 0.29) is 10.6 Å². The number of methoxy groups -OCH3 is 1. The zero-order valence-corrected chi connectivity index (χ0v) is 22.5. The summed E-state index contributed by atoms with van der Waals surface area (Å²) in [5, 5.41) is 15.1. The minimum absolute atomic E-state index is 0.0290. The van der Waals surface area contributed by atoms with Gasteiger partial charge in [0, 0.05) is 17.1 Å². The molecular weight excluding hydrogens is 486 g/mol. The normalized spacial score (nSPS) is 13.1. The van der Waals surface area contributed by atoms with Crippen LogP contribution in [0, 0.1) is 0 Å². The van der Waals surface area contributed by atoms with E-state index in [2.05, 4.69) is 27.2 Å². The van der Waals surface area contributed by atoms with Crippen molar-refractivity contribution < 1.29 is 18.3 Å². The van der Waals surface area contributed by atoms with Crippen molar-refractivity contribution in [3.63, 3.8) is 0 Å². The predicted octanol–water partition coefficient (Wildman–Crippen LogP) is 4.27. The van der Waals surface area contributed by atoms with E-state index >= 15 is 0 Å². The van der Waals surface area contributed by atoms with E-state index in [0.29, 0.717) is 6.42 Å². The highest BCUT2D eigenvalue weighted by Crippen LogP contribution is 2.32. The van der Waals surface area contributed by atoms with Crippen LogP contribution in [0.25, 0.3) is 22.0 Å². The lowest BCUT2D eigenvalue weighted by Crippen LogP contribution is -2.50. The molecule has 1 aromatic heterocycles. The quantitative estimate of drug-likeness (QED) is 0.236. The summed E-state index contributed by atoms with van der Waals surface area (Å²) < 4.78 is 35.7. The molecule has 0 fully saturated rings. The first-order chi connectivity index (χ1) is 17.6. The van der Waals surface area contributed by atoms with Gasteiger partial charge in [-0.1, -0.05) is 48.5 Å². The Labute approximate surface area is 218 Å². The monoisotopic (exact) mass is 521 g/mol. The first-order valence-electron chi connectivity index (χ1n) is 12.3. The molecule has 8 heteroatoms. The molecular formula is C29H35N3O4S. The van der Waals surface area contributed by atoms with Gasteiger partial charge in [0.1, 0.15) is 10.6 Å². The van der Waals surface area contributed by atoms with Gasteiger partial charge in [-0.3, -0.25) is 0 Å². The van der Waals surface area contributed by atoms with Gasteiger partial charge in [-0.25, -0.2) is 13.1 Å². The Bertz CT molecular complexity index is 1470. The highest BCUT2D eigenvalue weighted by atomic mass is 32.2. The average molecular weight is 522 g/mol. The fourth-order valence-corrected chi connectivity index (χ4v) is 6.02. The molecule has 0 saturated carbocycles. The predicted molar refractivity (Wildman–Crippen MR) is 148 cm³/mol. The van der Waals surface area contributed by atoms with Crippen molar-refractivity contribution in [1.82, 2.24) is 15.0 Å². The number of nitrogens with one attached hydrogen (secondary N) is 3. The number of hydrogen-bond acceptors (Lipinski definition) is 5. The van der Waals surface area contributed by atoms with E-state index in [9.17, 15) is 13.5 Å². The third kappa shape index (κ3) is 6.22. The van der Waals surface area contributed by atoms with Gasteiger partial charge in [-0.2, -0.15) is 0 Å². The Hall–Kier alpha value is -3.17. The summed E-state index contributed by atoms with van der Waals surface area (Å²) in [6.45, 7) is 4.07. The van der Waals surface area contributed by atoms with Gasteiger partial charge in [0.15, 0.2) is 0 Å². The number of para-hydroxylation sites is 1. The molecule has 1 heterocycles. The molecule has 0 aliphatic carbocycles. The summed E-state index contributed by atoms with van der Waals surface area (Å²) in [4.78, 5) is 3.25. The summed E-state index contributed by atoms with van der Waals surface area (Å²) in [5.74, 6) is 0.240. The van der Waals surface area contributed by atoms with Gasteiger partial charge >= 0.3 is 0 Å². The number of ether oxygens (including phenoxy) is 1. The second kappa shape index (κ2) is 11.1. The van der Waals surface area contributed by atoms with Crippen LogP contribution in [-0.2, 0) is 22.9 Å². The summed E-state index contributed by atoms with van der Waals surface area (Å²) in [6.07, 6.45) is 3.04. The first-order valence-corrected chi connectivity index (χ1v) is 13.8. The molecule has 0 saturated heterocycles. The van der Waals surface area contributed by atoms with Gasteiger partial charge in [-0.15, -0.1) is 0 Å². The van der Waals surface area contributed by atoms with Crippen LogP contribution in [0.1, 0.15) is 25.0 Å². The smallest absolute Gasteiger partial charge is 0.244 e. The maximum Gasteiger partial charge on any atom is 0.244 e. The van der Waals surface area contributed by atoms with E-state index in [0.717, 1.165) is 46.1 Å². The number of rotatable bonds is 11. The number of likely N-dealkylation sites (N-methyl/N-ethyl adjacent to an activating group) is 1. The van der Waals surface area contributed by atoms with Crippen molar-refractivity contribution in [2.24, 2.45) is 0 Å². The fraction of sp³-hybridized carbons (Fsp3) is 0.310. The maximum absolute atomic E-state index is 13.7. The standard InChI is InChI=1S/C29H35N3O4S/c1-29(2,33)28(18-23-19-31-25-11-6-5-10-24(23)25)32-37(34,35)27-17-22(12-13-26(27)36-4)21-9-7-8-20(16-21)14-15-30-3/h5-13,16-17,19,28,30-33H,14-15,18H2,1-4H3. The molecule has 4 rings (SSSR count). The second-order valence-electron chi connectivity index (χ2n) is 9.81. The van der Waals surface area contributed by atoms with Gasteiger partial charge < -0.3 is 20.1 Å². The molecule has 196 valence electrons. The van der Waals surface area contributed by atoms with Crippen LogP contribution in [0.2, 0.25) is 0 Å². The van der Waals surface area contributed by atoms with Crippen LogP contribution < -0.4 is 14.8 Å². The summed E-state index contributed by atoms with van der Waals surface area (Å²) in [7, 11) is -0.688. The van der Waals surface area contributed by atoms with Crippen LogP contribution in [0.3, 0.4) is 0 Å². The Balaban J connectivity index is 1.68. The Morgan fingerprint density at radius 2 is 1.78 bits per heavy atom. The van der Waals surface area contributed by atoms with Gasteiger partial charge in [0.2, 0.25) is 10.0 Å². The van der Waals surface area contributed by atoms with Gasteiger partial charge in [0.25, 0.3) is 0 Å². The average Bonchev–Trinajstić information content (AvgIpc) is 3.29. The van der Waals surface area contributed by atoms with E-state index < -0.39 is 21.7 Å². The molecule has 1 atom stereocenters. The van der Waals surface area contributed by atoms with E-state index in [1.807, 2.05) is 55.7 Å². The Kier molecular flexibility index (Phi) is 8.04. The van der Waals surface area contributed by atoms with Crippen molar-refractivity contribution in [2.45, 2.75) is 43.2 Å². The molecule has 0 aliphatic rings. The van der Waals surface area contributed by atoms with Crippen molar-refractivity contribution in [3.05, 3.63) is 84.1 Å². The Morgan fingerprint density at radius 1 is 1.03 bits per heavy atom. The maximum atomic E-state index is 13.7. The minimum Gasteiger partial charge on any atom is -0.495 e. The lowest BCUT2D eigenvalue weighted by molar-refractivity contribution is 0.0461. The third-order valence-electron chi connectivity index (χ3n) is 6.63. The highest BCUT2D eigenvalue weighted by molar-refractivity contribution is 7.89. The van der Waals surface area contributed by atoms with Crippen LogP contribution in [-0.4, -0.2) is 50.9 Å². The second-order valence-corrected chi connectivity index (χ2v) is 11.5. The largest absolute Gasteiger partial charge is 0.495 e. The van der Waals surface area contributed by atoms with E-state index in [1.54, 1.807) is 26.0 Å². The molecule has 0 spiro atoms. The molecule has 37 heavy (non-hydrogen) atoms. The molecule has 4 aromatic rings. The summed E-state index contributed by atoms with van der Waals surface area (Å²) in [5.41, 5.74) is 3.41. The SMILES string of the molecule is CNCCc1cccc(-c2ccc(OC)c(S(=O)(=O)NC(Cc3c[nH]c4ccccc34)C(C)(C)O)c2)c1. The lowest BCUT2D eigenvalue weighted by atomic mass is 9.93. The number of aliphatic hydroxyl groups is 1. The summed E-state index contributed by atoms with van der Waals surface area (Å²) in [6, 6.07) is 20.3. The van der Waals surface area contributed by atoms with Gasteiger partial charge in [0.05, 0.1) is 18.8 Å². The Morgan fingerprint density at radius 3 is 2.51 bits per heavy atom. The lowest BCUT2D eigenvalue weighted by Gasteiger charge is -2.30. The van der Waals surface area contributed by atoms with Crippen molar-refractivity contribution >= 4 is 20.9 Å². The number of H-pyrrole nitrogens is 1. The highest BCUT2D eigenvalue weighted by Gasteiger charge is 2.33. The molecule has 0 amide bonds. The zero-order valence-electron chi connectivity index (χ0n) is 21.7. The number of hydrogen-bond donors (Lipinski definition) is 4. The molecule has 7 nitrogen and oxygen atoms in total. The number of sulfonamides is 1. The number of fused-ring (bicyclic) bond motifs is 1. The van der Waals surface area contributed by atoms with Crippen molar-refractivity contribution in [1.29, 1.82) is 0 Å². The van der Waals surface area contributed by atoms with Crippen LogP contribution in [0.15, 0.2) is 77.8 Å². The van der Waals surface area contributed by atoms with Crippen LogP contribution in [0.4, 0.5) is 0 Å². The van der Waals surface area contributed by atoms with Crippen LogP contribution in [0.5, 0.6) is 5.75 Å². The molecule has 3 aromatic carbocycles. The fourth-order valence-electron chi connectivity index (χ4n) is 4.45. The van der Waals surface area contributed by atoms with E-state index in [1.165, 1.54) is 7.11 Å². The van der Waals surface area contributed by atoms with Crippen molar-refractivity contribution in [2.75, 3.05) is 20.7 Å². The molecule has 0 radical (unpaired) electrons. The number of aromatic nitrogens is 1. The molecule has 1 unspecified atom stereocenters. The third-order valence-corrected chi connectivity index (χ3v) is 8.12. The number of benzene rings is 3. The first kappa shape index (κ1) is 26.9.